The number of amides is 1. The first kappa shape index (κ1) is 14.3. The van der Waals surface area contributed by atoms with Crippen LogP contribution in [0.15, 0.2) is 36.4 Å². The van der Waals surface area contributed by atoms with Gasteiger partial charge in [0.1, 0.15) is 11.6 Å². The van der Waals surface area contributed by atoms with E-state index in [1.807, 2.05) is 0 Å². The molecule has 0 aliphatic heterocycles. The van der Waals surface area contributed by atoms with Crippen LogP contribution in [0.2, 0.25) is 5.02 Å². The summed E-state index contributed by atoms with van der Waals surface area (Å²) in [5, 5.41) is 3.04. The summed E-state index contributed by atoms with van der Waals surface area (Å²) in [6.45, 7) is 1.64. The Morgan fingerprint density at radius 2 is 2.00 bits per heavy atom. The molecule has 2 aromatic rings. The lowest BCUT2D eigenvalue weighted by Gasteiger charge is -2.08. The van der Waals surface area contributed by atoms with Gasteiger partial charge >= 0.3 is 0 Å². The van der Waals surface area contributed by atoms with Crippen LogP contribution >= 0.6 is 11.6 Å². The second kappa shape index (κ2) is 5.92. The van der Waals surface area contributed by atoms with Crippen LogP contribution in [0.1, 0.15) is 15.9 Å². The van der Waals surface area contributed by atoms with Gasteiger partial charge < -0.3 is 10.1 Å². The molecular formula is C15H13ClFNO2. The van der Waals surface area contributed by atoms with Crippen molar-refractivity contribution in [1.29, 1.82) is 0 Å². The summed E-state index contributed by atoms with van der Waals surface area (Å²) in [5.74, 6) is -0.290. The Labute approximate surface area is 121 Å². The zero-order valence-corrected chi connectivity index (χ0v) is 11.8. The average molecular weight is 294 g/mol. The quantitative estimate of drug-likeness (QED) is 0.927. The van der Waals surface area contributed by atoms with Gasteiger partial charge in [-0.2, -0.15) is 0 Å². The first-order chi connectivity index (χ1) is 9.51. The largest absolute Gasteiger partial charge is 0.495 e. The Hall–Kier alpha value is -2.07. The van der Waals surface area contributed by atoms with Crippen molar-refractivity contribution in [3.63, 3.8) is 0 Å². The fraction of sp³-hybridized carbons (Fsp3) is 0.133. The number of carbonyl (C=O) groups excluding carboxylic acids is 1. The van der Waals surface area contributed by atoms with E-state index in [0.717, 1.165) is 0 Å². The minimum Gasteiger partial charge on any atom is -0.495 e. The Balaban J connectivity index is 2.19. The summed E-state index contributed by atoms with van der Waals surface area (Å²) in [4.78, 5) is 12.0. The van der Waals surface area contributed by atoms with Crippen LogP contribution in [0, 0.1) is 12.7 Å². The van der Waals surface area contributed by atoms with Gasteiger partial charge in [-0.3, -0.25) is 4.79 Å². The summed E-state index contributed by atoms with van der Waals surface area (Å²) >= 11 is 5.97. The maximum Gasteiger partial charge on any atom is 0.255 e. The predicted molar refractivity (Wildman–Crippen MR) is 77.1 cm³/mol. The SMILES string of the molecule is COc1ccc(NC(=O)c2ccc(C)c(F)c2)cc1Cl. The monoisotopic (exact) mass is 293 g/mol. The fourth-order valence-electron chi connectivity index (χ4n) is 1.68. The van der Waals surface area contributed by atoms with Gasteiger partial charge in [0.05, 0.1) is 12.1 Å². The van der Waals surface area contributed by atoms with E-state index in [-0.39, 0.29) is 5.56 Å². The van der Waals surface area contributed by atoms with E-state index in [0.29, 0.717) is 22.0 Å². The molecule has 0 saturated carbocycles. The van der Waals surface area contributed by atoms with Gasteiger partial charge in [-0.05, 0) is 42.8 Å². The highest BCUT2D eigenvalue weighted by Gasteiger charge is 2.09. The minimum atomic E-state index is -0.412. The maximum atomic E-state index is 13.4. The van der Waals surface area contributed by atoms with Crippen molar-refractivity contribution >= 4 is 23.2 Å². The molecule has 0 fully saturated rings. The predicted octanol–water partition coefficient (Wildman–Crippen LogP) is 4.05. The van der Waals surface area contributed by atoms with E-state index in [2.05, 4.69) is 5.32 Å². The highest BCUT2D eigenvalue weighted by molar-refractivity contribution is 6.32. The van der Waals surface area contributed by atoms with Crippen LogP contribution in [-0.4, -0.2) is 13.0 Å². The van der Waals surface area contributed by atoms with Crippen molar-refractivity contribution in [1.82, 2.24) is 0 Å². The molecule has 0 heterocycles. The maximum absolute atomic E-state index is 13.4. The summed E-state index contributed by atoms with van der Waals surface area (Å²) < 4.78 is 18.4. The lowest BCUT2D eigenvalue weighted by molar-refractivity contribution is 0.102. The lowest BCUT2D eigenvalue weighted by atomic mass is 10.1. The fourth-order valence-corrected chi connectivity index (χ4v) is 1.94. The number of nitrogens with one attached hydrogen (secondary N) is 1. The summed E-state index contributed by atoms with van der Waals surface area (Å²) in [6, 6.07) is 9.21. The molecule has 0 saturated heterocycles. The van der Waals surface area contributed by atoms with E-state index in [4.69, 9.17) is 16.3 Å². The second-order valence-corrected chi connectivity index (χ2v) is 4.67. The topological polar surface area (TPSA) is 38.3 Å². The molecule has 104 valence electrons. The van der Waals surface area contributed by atoms with Crippen molar-refractivity contribution in [2.24, 2.45) is 0 Å². The smallest absolute Gasteiger partial charge is 0.255 e. The van der Waals surface area contributed by atoms with Gasteiger partial charge in [0.25, 0.3) is 5.91 Å². The zero-order chi connectivity index (χ0) is 14.7. The number of methoxy groups -OCH3 is 1. The van der Waals surface area contributed by atoms with E-state index in [9.17, 15) is 9.18 Å². The summed E-state index contributed by atoms with van der Waals surface area (Å²) in [7, 11) is 1.51. The lowest BCUT2D eigenvalue weighted by Crippen LogP contribution is -2.12. The Bertz CT molecular complexity index is 658. The van der Waals surface area contributed by atoms with Gasteiger partial charge in [0, 0.05) is 11.3 Å². The average Bonchev–Trinajstić information content (AvgIpc) is 2.42. The number of hydrogen-bond donors (Lipinski definition) is 1. The molecule has 2 rings (SSSR count). The minimum absolute atomic E-state index is 0.250. The van der Waals surface area contributed by atoms with Crippen LogP contribution < -0.4 is 10.1 Å². The molecule has 0 unspecified atom stereocenters. The first-order valence-corrected chi connectivity index (χ1v) is 6.30. The number of aryl methyl sites for hydroxylation is 1. The molecule has 0 aliphatic carbocycles. The van der Waals surface area contributed by atoms with E-state index >= 15 is 0 Å². The summed E-state index contributed by atoms with van der Waals surface area (Å²) in [6.07, 6.45) is 0. The number of halogens is 2. The molecule has 1 amide bonds. The van der Waals surface area contributed by atoms with Gasteiger partial charge in [0.15, 0.2) is 0 Å². The molecule has 0 aliphatic rings. The van der Waals surface area contributed by atoms with Gasteiger partial charge in [-0.25, -0.2) is 4.39 Å². The molecular weight excluding hydrogens is 281 g/mol. The number of rotatable bonds is 3. The van der Waals surface area contributed by atoms with Gasteiger partial charge in [-0.15, -0.1) is 0 Å². The van der Waals surface area contributed by atoms with Crippen LogP contribution in [0.4, 0.5) is 10.1 Å². The number of anilines is 1. The van der Waals surface area contributed by atoms with Crippen LogP contribution in [0.5, 0.6) is 5.75 Å². The van der Waals surface area contributed by atoms with Crippen molar-refractivity contribution in [2.45, 2.75) is 6.92 Å². The Morgan fingerprint density at radius 1 is 1.25 bits per heavy atom. The molecule has 3 nitrogen and oxygen atoms in total. The third-order valence-corrected chi connectivity index (χ3v) is 3.14. The van der Waals surface area contributed by atoms with Crippen LogP contribution in [0.25, 0.3) is 0 Å². The van der Waals surface area contributed by atoms with Crippen molar-refractivity contribution in [3.05, 3.63) is 58.4 Å². The van der Waals surface area contributed by atoms with Crippen molar-refractivity contribution < 1.29 is 13.9 Å². The molecule has 20 heavy (non-hydrogen) atoms. The molecule has 0 bridgehead atoms. The van der Waals surface area contributed by atoms with Gasteiger partial charge in [0.2, 0.25) is 0 Å². The first-order valence-electron chi connectivity index (χ1n) is 5.92. The van der Waals surface area contributed by atoms with E-state index < -0.39 is 11.7 Å². The van der Waals surface area contributed by atoms with Crippen molar-refractivity contribution in [3.8, 4) is 5.75 Å². The normalized spacial score (nSPS) is 10.2. The molecule has 0 spiro atoms. The molecule has 5 heteroatoms. The van der Waals surface area contributed by atoms with E-state index in [1.54, 1.807) is 37.3 Å². The van der Waals surface area contributed by atoms with Crippen LogP contribution in [0.3, 0.4) is 0 Å². The highest BCUT2D eigenvalue weighted by atomic mass is 35.5. The molecule has 0 atom stereocenters. The summed E-state index contributed by atoms with van der Waals surface area (Å²) in [5.41, 5.74) is 1.26. The standard InChI is InChI=1S/C15H13ClFNO2/c1-9-3-4-10(7-13(9)17)15(19)18-11-5-6-14(20-2)12(16)8-11/h3-8H,1-2H3,(H,18,19). The number of carbonyl (C=O) groups is 1. The third kappa shape index (κ3) is 3.08. The second-order valence-electron chi connectivity index (χ2n) is 4.27. The van der Waals surface area contributed by atoms with Crippen molar-refractivity contribution in [2.75, 3.05) is 12.4 Å². The molecule has 2 aromatic carbocycles. The molecule has 0 aromatic heterocycles. The Morgan fingerprint density at radius 3 is 2.60 bits per heavy atom. The number of benzene rings is 2. The van der Waals surface area contributed by atoms with E-state index in [1.165, 1.54) is 13.2 Å². The highest BCUT2D eigenvalue weighted by Crippen LogP contribution is 2.27. The Kier molecular flexibility index (Phi) is 4.25. The molecule has 1 N–H and O–H groups in total. The molecule has 0 radical (unpaired) electrons. The third-order valence-electron chi connectivity index (χ3n) is 2.84. The zero-order valence-electron chi connectivity index (χ0n) is 11.0. The number of ether oxygens (including phenoxy) is 1. The van der Waals surface area contributed by atoms with Crippen LogP contribution in [-0.2, 0) is 0 Å². The number of hydrogen-bond acceptors (Lipinski definition) is 2. The van der Waals surface area contributed by atoms with Gasteiger partial charge in [-0.1, -0.05) is 17.7 Å².